The minimum Gasteiger partial charge on any atom is -0.344 e. The number of hydrogen-bond donors (Lipinski definition) is 2. The van der Waals surface area contributed by atoms with Crippen molar-refractivity contribution in [3.63, 3.8) is 0 Å². The first kappa shape index (κ1) is 31.9. The molecule has 3 heterocycles. The van der Waals surface area contributed by atoms with Gasteiger partial charge in [-0.15, -0.1) is 10.2 Å². The third-order valence-electron chi connectivity index (χ3n) is 7.77. The van der Waals surface area contributed by atoms with Crippen LogP contribution in [0, 0.1) is 5.92 Å². The summed E-state index contributed by atoms with van der Waals surface area (Å²) in [5.41, 5.74) is 2.01. The number of amides is 3. The molecule has 1 aliphatic heterocycles. The molecule has 1 aliphatic rings. The highest BCUT2D eigenvalue weighted by atomic mass is 32.2. The largest absolute Gasteiger partial charge is 0.344 e. The van der Waals surface area contributed by atoms with E-state index in [-0.39, 0.29) is 30.1 Å². The van der Waals surface area contributed by atoms with Crippen LogP contribution in [-0.2, 0) is 16.1 Å². The fourth-order valence-electron chi connectivity index (χ4n) is 5.35. The van der Waals surface area contributed by atoms with E-state index >= 15 is 0 Å². The van der Waals surface area contributed by atoms with Crippen LogP contribution in [0.2, 0.25) is 0 Å². The SMILES string of the molecule is CSCC[C@@H]1NC(=O)CCCN(C(=O)c2ccccc2-n2cnnc2)CCn2nc(-c3ccccc3)nc2[C@@H](C(C)C)NC1=O. The summed E-state index contributed by atoms with van der Waals surface area (Å²) in [6.07, 6.45) is 6.19. The quantitative estimate of drug-likeness (QED) is 0.317. The molecule has 5 rings (SSSR count). The van der Waals surface area contributed by atoms with Crippen molar-refractivity contribution in [3.8, 4) is 17.1 Å². The lowest BCUT2D eigenvalue weighted by Crippen LogP contribution is -2.49. The van der Waals surface area contributed by atoms with Gasteiger partial charge in [0.05, 0.1) is 23.8 Å². The average molecular weight is 630 g/mol. The zero-order valence-corrected chi connectivity index (χ0v) is 26.6. The van der Waals surface area contributed by atoms with E-state index in [4.69, 9.17) is 10.1 Å². The third kappa shape index (κ3) is 7.77. The molecule has 2 aromatic carbocycles. The number of para-hydroxylation sites is 1. The number of carbonyl (C=O) groups excluding carboxylic acids is 3. The molecule has 2 atom stereocenters. The Hall–Kier alpha value is -4.52. The van der Waals surface area contributed by atoms with Gasteiger partial charge in [-0.3, -0.25) is 19.0 Å². The molecule has 0 saturated carbocycles. The highest BCUT2D eigenvalue weighted by Gasteiger charge is 2.30. The molecule has 0 unspecified atom stereocenters. The Morgan fingerprint density at radius 1 is 0.978 bits per heavy atom. The first-order chi connectivity index (χ1) is 21.9. The number of nitrogens with zero attached hydrogens (tertiary/aromatic N) is 7. The maximum absolute atomic E-state index is 14.1. The van der Waals surface area contributed by atoms with Gasteiger partial charge >= 0.3 is 0 Å². The van der Waals surface area contributed by atoms with E-state index in [0.29, 0.717) is 61.1 Å². The van der Waals surface area contributed by atoms with Gasteiger partial charge in [-0.1, -0.05) is 56.3 Å². The molecule has 2 N–H and O–H groups in total. The van der Waals surface area contributed by atoms with Crippen molar-refractivity contribution in [3.05, 3.63) is 78.6 Å². The maximum Gasteiger partial charge on any atom is 0.256 e. The molecule has 0 fully saturated rings. The molecular weight excluding hydrogens is 590 g/mol. The fraction of sp³-hybridized carbons (Fsp3) is 0.406. The van der Waals surface area contributed by atoms with E-state index in [1.807, 2.05) is 68.6 Å². The summed E-state index contributed by atoms with van der Waals surface area (Å²) >= 11 is 1.62. The van der Waals surface area contributed by atoms with Gasteiger partial charge in [0.1, 0.15) is 18.7 Å². The van der Waals surface area contributed by atoms with Crippen LogP contribution in [0.4, 0.5) is 0 Å². The van der Waals surface area contributed by atoms with Crippen molar-refractivity contribution >= 4 is 29.5 Å². The number of thioether (sulfide) groups is 1. The van der Waals surface area contributed by atoms with Crippen LogP contribution < -0.4 is 10.6 Å². The molecule has 2 aromatic heterocycles. The monoisotopic (exact) mass is 629 g/mol. The van der Waals surface area contributed by atoms with Crippen LogP contribution in [0.25, 0.3) is 17.1 Å². The molecule has 12 nitrogen and oxygen atoms in total. The minimum absolute atomic E-state index is 0.0290. The Morgan fingerprint density at radius 3 is 2.44 bits per heavy atom. The summed E-state index contributed by atoms with van der Waals surface area (Å²) < 4.78 is 3.51. The van der Waals surface area contributed by atoms with Gasteiger partial charge in [-0.25, -0.2) is 9.67 Å². The van der Waals surface area contributed by atoms with Gasteiger partial charge in [0.25, 0.3) is 5.91 Å². The van der Waals surface area contributed by atoms with Gasteiger partial charge in [0.15, 0.2) is 11.6 Å². The molecule has 13 heteroatoms. The predicted molar refractivity (Wildman–Crippen MR) is 173 cm³/mol. The molecule has 0 radical (unpaired) electrons. The number of rotatable bonds is 7. The summed E-state index contributed by atoms with van der Waals surface area (Å²) in [7, 11) is 0. The molecular formula is C32H39N9O3S. The molecule has 4 aromatic rings. The molecule has 0 saturated heterocycles. The Kier molecular flexibility index (Phi) is 10.6. The molecule has 236 valence electrons. The second kappa shape index (κ2) is 15.0. The van der Waals surface area contributed by atoms with E-state index in [1.54, 1.807) is 44.6 Å². The van der Waals surface area contributed by atoms with Crippen LogP contribution in [0.1, 0.15) is 55.3 Å². The van der Waals surface area contributed by atoms with Crippen molar-refractivity contribution in [1.82, 2.24) is 45.1 Å². The summed E-state index contributed by atoms with van der Waals surface area (Å²) in [4.78, 5) is 47.5. The minimum atomic E-state index is -0.687. The molecule has 3 amide bonds. The standard InChI is InChI=1S/C32H39N9O3S/c1-22(2)28-30-37-29(23-10-5-4-6-11-23)38-41(30)18-17-39(16-9-14-27(42)35-25(15-19-45-3)31(43)36-28)32(44)24-12-7-8-13-26(24)40-20-33-34-21-40/h4-8,10-13,20-22,25,28H,9,14-19H2,1-3H3,(H,35,42)(H,36,43)/t25-,28+/m0/s1. The van der Waals surface area contributed by atoms with E-state index < -0.39 is 12.1 Å². The first-order valence-corrected chi connectivity index (χ1v) is 16.6. The highest BCUT2D eigenvalue weighted by molar-refractivity contribution is 7.98. The lowest BCUT2D eigenvalue weighted by Gasteiger charge is -2.28. The predicted octanol–water partition coefficient (Wildman–Crippen LogP) is 3.51. The lowest BCUT2D eigenvalue weighted by molar-refractivity contribution is -0.129. The van der Waals surface area contributed by atoms with Crippen molar-refractivity contribution < 1.29 is 14.4 Å². The third-order valence-corrected chi connectivity index (χ3v) is 8.41. The summed E-state index contributed by atoms with van der Waals surface area (Å²) in [6.45, 7) is 5.03. The van der Waals surface area contributed by atoms with E-state index in [9.17, 15) is 14.4 Å². The van der Waals surface area contributed by atoms with Crippen LogP contribution in [0.5, 0.6) is 0 Å². The number of benzene rings is 2. The van der Waals surface area contributed by atoms with E-state index in [2.05, 4.69) is 20.8 Å². The van der Waals surface area contributed by atoms with Gasteiger partial charge in [0.2, 0.25) is 11.8 Å². The Balaban J connectivity index is 1.53. The second-order valence-corrected chi connectivity index (χ2v) is 12.3. The molecule has 45 heavy (non-hydrogen) atoms. The van der Waals surface area contributed by atoms with Crippen LogP contribution >= 0.6 is 11.8 Å². The van der Waals surface area contributed by atoms with Gasteiger partial charge in [-0.05, 0) is 42.9 Å². The summed E-state index contributed by atoms with van der Waals surface area (Å²) in [5.74, 6) is 1.18. The average Bonchev–Trinajstić information content (AvgIpc) is 3.74. The smallest absolute Gasteiger partial charge is 0.256 e. The summed E-state index contributed by atoms with van der Waals surface area (Å²) in [5, 5.41) is 18.8. The zero-order chi connectivity index (χ0) is 31.8. The number of aromatic nitrogens is 6. The van der Waals surface area contributed by atoms with Crippen molar-refractivity contribution in [2.45, 2.75) is 51.7 Å². The number of carbonyl (C=O) groups is 3. The van der Waals surface area contributed by atoms with Crippen LogP contribution in [0.3, 0.4) is 0 Å². The highest BCUT2D eigenvalue weighted by Crippen LogP contribution is 2.25. The topological polar surface area (TPSA) is 140 Å². The van der Waals surface area contributed by atoms with Gasteiger partial charge in [0, 0.05) is 25.1 Å². The Labute approximate surface area is 267 Å². The molecule has 0 bridgehead atoms. The molecule has 0 aliphatic carbocycles. The lowest BCUT2D eigenvalue weighted by atomic mass is 10.0. The van der Waals surface area contributed by atoms with Gasteiger partial charge < -0.3 is 15.5 Å². The second-order valence-electron chi connectivity index (χ2n) is 11.3. The van der Waals surface area contributed by atoms with Crippen molar-refractivity contribution in [1.29, 1.82) is 0 Å². The normalized spacial score (nSPS) is 18.2. The first-order valence-electron chi connectivity index (χ1n) is 15.2. The van der Waals surface area contributed by atoms with Crippen molar-refractivity contribution in [2.75, 3.05) is 25.1 Å². The summed E-state index contributed by atoms with van der Waals surface area (Å²) in [6, 6.07) is 15.8. The zero-order valence-electron chi connectivity index (χ0n) is 25.8. The fourth-order valence-corrected chi connectivity index (χ4v) is 5.82. The number of nitrogens with one attached hydrogen (secondary N) is 2. The Bertz CT molecular complexity index is 1590. The number of fused-ring (bicyclic) bond motifs is 1. The van der Waals surface area contributed by atoms with Crippen LogP contribution in [0.15, 0.2) is 67.3 Å². The van der Waals surface area contributed by atoms with E-state index in [0.717, 1.165) is 5.56 Å². The molecule has 0 spiro atoms. The maximum atomic E-state index is 14.1. The van der Waals surface area contributed by atoms with Crippen LogP contribution in [-0.4, -0.2) is 83.3 Å². The van der Waals surface area contributed by atoms with Crippen molar-refractivity contribution in [2.24, 2.45) is 5.92 Å². The van der Waals surface area contributed by atoms with Gasteiger partial charge in [-0.2, -0.15) is 16.9 Å². The number of hydrogen-bond acceptors (Lipinski definition) is 8. The van der Waals surface area contributed by atoms with E-state index in [1.165, 1.54) is 0 Å². The Morgan fingerprint density at radius 2 is 1.71 bits per heavy atom.